The molecule has 0 fully saturated rings. The zero-order chi connectivity index (χ0) is 13.5. The molecule has 0 aliphatic carbocycles. The van der Waals surface area contributed by atoms with Gasteiger partial charge in [0.05, 0.1) is 13.2 Å². The van der Waals surface area contributed by atoms with Gasteiger partial charge in [-0.05, 0) is 19.3 Å². The van der Waals surface area contributed by atoms with Gasteiger partial charge in [-0.3, -0.25) is 9.05 Å². The largest absolute Gasteiger partial charge is 0.469 e. The Bertz CT molecular complexity index is 298. The number of rotatable bonds is 9. The zero-order valence-corrected chi connectivity index (χ0v) is 10.8. The van der Waals surface area contributed by atoms with Crippen LogP contribution in [0.4, 0.5) is 0 Å². The summed E-state index contributed by atoms with van der Waals surface area (Å²) < 4.78 is 29.0. The summed E-state index contributed by atoms with van der Waals surface area (Å²) in [5.74, 6) is 0. The third-order valence-electron chi connectivity index (χ3n) is 1.69. The van der Waals surface area contributed by atoms with Crippen molar-refractivity contribution in [2.45, 2.75) is 25.3 Å². The second-order valence-electron chi connectivity index (χ2n) is 3.37. The second kappa shape index (κ2) is 7.58. The summed E-state index contributed by atoms with van der Waals surface area (Å²) in [6, 6.07) is -0.544. The predicted octanol–water partition coefficient (Wildman–Crippen LogP) is -0.297. The first-order chi connectivity index (χ1) is 7.60. The van der Waals surface area contributed by atoms with E-state index in [0.717, 1.165) is 0 Å². The molecular weight excluding hydrogens is 276 g/mol. The van der Waals surface area contributed by atoms with E-state index in [9.17, 15) is 9.13 Å². The standard InChI is InChI=1S/C6H17NO8P2/c7-6(5-15-17(11,12)13)3-1-2-4-14-16(8,9)10/h6H,1-5,7H2,(H2,8,9,10)(H2,11,12,13). The molecule has 1 atom stereocenters. The number of nitrogens with two attached hydrogens (primary N) is 1. The van der Waals surface area contributed by atoms with Crippen molar-refractivity contribution < 1.29 is 37.8 Å². The lowest BCUT2D eigenvalue weighted by Gasteiger charge is -2.12. The molecule has 9 nitrogen and oxygen atoms in total. The molecule has 0 aromatic heterocycles. The van der Waals surface area contributed by atoms with Crippen LogP contribution in [0.3, 0.4) is 0 Å². The van der Waals surface area contributed by atoms with Crippen LogP contribution in [0.15, 0.2) is 0 Å². The summed E-state index contributed by atoms with van der Waals surface area (Å²) in [4.78, 5) is 33.5. The molecule has 0 rings (SSSR count). The monoisotopic (exact) mass is 293 g/mol. The van der Waals surface area contributed by atoms with Crippen molar-refractivity contribution in [2.75, 3.05) is 13.2 Å². The molecule has 17 heavy (non-hydrogen) atoms. The Labute approximate surface area is 98.4 Å². The Hall–Kier alpha value is 0.180. The fourth-order valence-electron chi connectivity index (χ4n) is 0.968. The van der Waals surface area contributed by atoms with Gasteiger partial charge in [0.15, 0.2) is 0 Å². The van der Waals surface area contributed by atoms with Gasteiger partial charge in [-0.2, -0.15) is 0 Å². The molecule has 0 aromatic rings. The van der Waals surface area contributed by atoms with E-state index in [1.54, 1.807) is 0 Å². The van der Waals surface area contributed by atoms with Gasteiger partial charge in [-0.15, -0.1) is 0 Å². The summed E-state index contributed by atoms with van der Waals surface area (Å²) in [5, 5.41) is 0. The van der Waals surface area contributed by atoms with Gasteiger partial charge in [0.1, 0.15) is 0 Å². The number of hydrogen-bond acceptors (Lipinski definition) is 5. The van der Waals surface area contributed by atoms with E-state index in [1.165, 1.54) is 0 Å². The van der Waals surface area contributed by atoms with Gasteiger partial charge in [0, 0.05) is 6.04 Å². The average Bonchev–Trinajstić information content (AvgIpc) is 2.11. The van der Waals surface area contributed by atoms with Crippen molar-refractivity contribution in [1.82, 2.24) is 0 Å². The summed E-state index contributed by atoms with van der Waals surface area (Å²) >= 11 is 0. The smallest absolute Gasteiger partial charge is 0.326 e. The van der Waals surface area contributed by atoms with Gasteiger partial charge in [-0.25, -0.2) is 9.13 Å². The first-order valence-corrected chi connectivity index (χ1v) is 7.82. The van der Waals surface area contributed by atoms with E-state index >= 15 is 0 Å². The Morgan fingerprint density at radius 2 is 1.53 bits per heavy atom. The molecule has 0 saturated carbocycles. The van der Waals surface area contributed by atoms with Crippen LogP contribution in [0.5, 0.6) is 0 Å². The quantitative estimate of drug-likeness (QED) is 0.284. The predicted molar refractivity (Wildman–Crippen MR) is 57.8 cm³/mol. The van der Waals surface area contributed by atoms with E-state index in [1.807, 2.05) is 0 Å². The third-order valence-corrected chi connectivity index (χ3v) is 2.69. The van der Waals surface area contributed by atoms with Crippen molar-refractivity contribution in [2.24, 2.45) is 5.73 Å². The van der Waals surface area contributed by atoms with Gasteiger partial charge in [0.2, 0.25) is 0 Å². The van der Waals surface area contributed by atoms with Crippen LogP contribution in [0.2, 0.25) is 0 Å². The first kappa shape index (κ1) is 17.2. The molecule has 0 spiro atoms. The van der Waals surface area contributed by atoms with Crippen LogP contribution in [0, 0.1) is 0 Å². The molecule has 11 heteroatoms. The molecule has 104 valence electrons. The number of phosphoric acid groups is 2. The summed E-state index contributed by atoms with van der Waals surface area (Å²) in [6.07, 6.45) is 1.30. The van der Waals surface area contributed by atoms with Crippen LogP contribution in [-0.4, -0.2) is 38.8 Å². The minimum atomic E-state index is -4.49. The number of unbranched alkanes of at least 4 members (excludes halogenated alkanes) is 1. The molecule has 0 bridgehead atoms. The summed E-state index contributed by atoms with van der Waals surface area (Å²) in [6.45, 7) is -0.375. The Morgan fingerprint density at radius 1 is 1.00 bits per heavy atom. The highest BCUT2D eigenvalue weighted by Crippen LogP contribution is 2.36. The van der Waals surface area contributed by atoms with Gasteiger partial charge in [-0.1, -0.05) is 0 Å². The van der Waals surface area contributed by atoms with Crippen LogP contribution in [-0.2, 0) is 18.2 Å². The maximum absolute atomic E-state index is 10.3. The molecule has 0 saturated heterocycles. The molecule has 0 aromatic carbocycles. The molecule has 0 heterocycles. The van der Waals surface area contributed by atoms with Gasteiger partial charge < -0.3 is 25.3 Å². The normalized spacial score (nSPS) is 14.9. The molecule has 1 unspecified atom stereocenters. The van der Waals surface area contributed by atoms with Gasteiger partial charge >= 0.3 is 15.6 Å². The molecule has 0 aliphatic heterocycles. The fourth-order valence-corrected chi connectivity index (χ4v) is 1.72. The Balaban J connectivity index is 3.49. The van der Waals surface area contributed by atoms with E-state index in [0.29, 0.717) is 19.3 Å². The third kappa shape index (κ3) is 14.1. The van der Waals surface area contributed by atoms with Crippen LogP contribution in [0.25, 0.3) is 0 Å². The highest BCUT2D eigenvalue weighted by molar-refractivity contribution is 7.46. The maximum Gasteiger partial charge on any atom is 0.469 e. The topological polar surface area (TPSA) is 160 Å². The molecule has 0 radical (unpaired) electrons. The lowest BCUT2D eigenvalue weighted by Crippen LogP contribution is -2.25. The summed E-state index contributed by atoms with van der Waals surface area (Å²) in [5.41, 5.74) is 5.49. The van der Waals surface area contributed by atoms with Crippen LogP contribution in [0.1, 0.15) is 19.3 Å². The van der Waals surface area contributed by atoms with Crippen molar-refractivity contribution >= 4 is 15.6 Å². The van der Waals surface area contributed by atoms with E-state index < -0.39 is 21.7 Å². The van der Waals surface area contributed by atoms with Crippen molar-refractivity contribution in [3.8, 4) is 0 Å². The Morgan fingerprint density at radius 3 is 2.00 bits per heavy atom. The zero-order valence-electron chi connectivity index (χ0n) is 9.01. The minimum Gasteiger partial charge on any atom is -0.326 e. The van der Waals surface area contributed by atoms with Crippen LogP contribution >= 0.6 is 15.6 Å². The fraction of sp³-hybridized carbons (Fsp3) is 1.00. The van der Waals surface area contributed by atoms with E-state index in [-0.39, 0.29) is 13.2 Å². The first-order valence-electron chi connectivity index (χ1n) is 4.76. The molecule has 0 amide bonds. The SMILES string of the molecule is NC(CCCCOP(=O)(O)O)COP(=O)(O)O. The van der Waals surface area contributed by atoms with Gasteiger partial charge in [0.25, 0.3) is 0 Å². The highest BCUT2D eigenvalue weighted by atomic mass is 31.2. The lowest BCUT2D eigenvalue weighted by atomic mass is 10.1. The number of hydrogen-bond donors (Lipinski definition) is 5. The molecule has 6 N–H and O–H groups in total. The molecular formula is C6H17NO8P2. The highest BCUT2D eigenvalue weighted by Gasteiger charge is 2.16. The molecule has 0 aliphatic rings. The van der Waals surface area contributed by atoms with E-state index in [2.05, 4.69) is 9.05 Å². The summed E-state index contributed by atoms with van der Waals surface area (Å²) in [7, 11) is -8.92. The van der Waals surface area contributed by atoms with E-state index in [4.69, 9.17) is 25.3 Å². The number of phosphoric ester groups is 2. The van der Waals surface area contributed by atoms with Crippen molar-refractivity contribution in [1.29, 1.82) is 0 Å². The van der Waals surface area contributed by atoms with Crippen molar-refractivity contribution in [3.63, 3.8) is 0 Å². The Kier molecular flexibility index (Phi) is 7.66. The average molecular weight is 293 g/mol. The maximum atomic E-state index is 10.3. The van der Waals surface area contributed by atoms with Crippen molar-refractivity contribution in [3.05, 3.63) is 0 Å². The second-order valence-corrected chi connectivity index (χ2v) is 5.84. The van der Waals surface area contributed by atoms with Crippen LogP contribution < -0.4 is 5.73 Å². The lowest BCUT2D eigenvalue weighted by molar-refractivity contribution is 0.177. The minimum absolute atomic E-state index is 0.101.